The monoisotopic (exact) mass is 298 g/mol. The third kappa shape index (κ3) is 3.97. The van der Waals surface area contributed by atoms with E-state index in [4.69, 9.17) is 0 Å². The van der Waals surface area contributed by atoms with Gasteiger partial charge in [-0.1, -0.05) is 20.8 Å². The van der Waals surface area contributed by atoms with E-state index >= 15 is 0 Å². The Bertz CT molecular complexity index is 322. The largest absolute Gasteiger partial charge is 0.460 e. The van der Waals surface area contributed by atoms with Gasteiger partial charge in [-0.05, 0) is 5.92 Å². The van der Waals surface area contributed by atoms with E-state index in [1.165, 1.54) is 20.8 Å². The fourth-order valence-corrected chi connectivity index (χ4v) is 0.863. The summed E-state index contributed by atoms with van der Waals surface area (Å²) in [6.07, 6.45) is -6.42. The average molecular weight is 298 g/mol. The van der Waals surface area contributed by atoms with Crippen LogP contribution in [0.2, 0.25) is 0 Å². The van der Waals surface area contributed by atoms with E-state index in [1.807, 2.05) is 0 Å². The minimum Gasteiger partial charge on any atom is -0.459 e. The van der Waals surface area contributed by atoms with Gasteiger partial charge in [0.15, 0.2) is 6.61 Å². The Morgan fingerprint density at radius 1 is 1.00 bits per heavy atom. The van der Waals surface area contributed by atoms with E-state index in [1.54, 1.807) is 0 Å². The van der Waals surface area contributed by atoms with Gasteiger partial charge in [-0.25, -0.2) is 0 Å². The normalized spacial score (nSPS) is 15.5. The number of hydrogen-bond donors (Lipinski definition) is 0. The molecule has 0 rings (SSSR count). The molecule has 1 atom stereocenters. The zero-order valence-electron chi connectivity index (χ0n) is 10.3. The minimum atomic E-state index is -6.42. The molecule has 0 radical (unpaired) electrons. The van der Waals surface area contributed by atoms with E-state index < -0.39 is 36.5 Å². The lowest BCUT2D eigenvalue weighted by Gasteiger charge is -2.28. The Labute approximate surface area is 104 Å². The van der Waals surface area contributed by atoms with Gasteiger partial charge in [0.2, 0.25) is 0 Å². The van der Waals surface area contributed by atoms with Gasteiger partial charge in [0.25, 0.3) is 0 Å². The van der Waals surface area contributed by atoms with E-state index in [0.717, 1.165) is 0 Å². The van der Waals surface area contributed by atoms with Crippen LogP contribution < -0.4 is 0 Å². The molecule has 9 heteroatoms. The van der Waals surface area contributed by atoms with Crippen LogP contribution in [0.25, 0.3) is 0 Å². The Morgan fingerprint density at radius 3 is 1.74 bits per heavy atom. The van der Waals surface area contributed by atoms with Crippen LogP contribution in [-0.4, -0.2) is 30.6 Å². The first-order valence-corrected chi connectivity index (χ1v) is 5.23. The fraction of sp³-hybridized carbons (Fsp3) is 0.900. The van der Waals surface area contributed by atoms with Crippen LogP contribution in [0.5, 0.6) is 0 Å². The second kappa shape index (κ2) is 5.54. The van der Waals surface area contributed by atoms with Gasteiger partial charge in [-0.15, -0.1) is 0 Å². The fourth-order valence-electron chi connectivity index (χ4n) is 0.863. The zero-order valence-corrected chi connectivity index (χ0v) is 10.3. The summed E-state index contributed by atoms with van der Waals surface area (Å²) < 4.78 is 89.6. The Kier molecular flexibility index (Phi) is 5.24. The van der Waals surface area contributed by atoms with Crippen molar-refractivity contribution in [2.24, 2.45) is 11.8 Å². The smallest absolute Gasteiger partial charge is 0.459 e. The summed E-state index contributed by atoms with van der Waals surface area (Å²) >= 11 is 0. The first-order valence-electron chi connectivity index (χ1n) is 5.23. The second-order valence-corrected chi connectivity index (χ2v) is 4.42. The number of hydrogen-bond acceptors (Lipinski definition) is 2. The van der Waals surface area contributed by atoms with Gasteiger partial charge >= 0.3 is 24.0 Å². The lowest BCUT2D eigenvalue weighted by molar-refractivity contribution is -0.360. The van der Waals surface area contributed by atoms with Gasteiger partial charge < -0.3 is 4.74 Å². The molecule has 114 valence electrons. The maximum atomic E-state index is 12.8. The van der Waals surface area contributed by atoms with Crippen LogP contribution in [0.4, 0.5) is 30.7 Å². The van der Waals surface area contributed by atoms with Crippen molar-refractivity contribution in [1.82, 2.24) is 0 Å². The molecule has 0 aromatic heterocycles. The van der Waals surface area contributed by atoms with E-state index in [-0.39, 0.29) is 5.92 Å². The first kappa shape index (κ1) is 18.0. The molecular weight excluding hydrogens is 285 g/mol. The molecule has 0 aromatic carbocycles. The van der Waals surface area contributed by atoms with Crippen molar-refractivity contribution >= 4 is 5.97 Å². The predicted molar refractivity (Wildman–Crippen MR) is 50.9 cm³/mol. The molecule has 0 amide bonds. The average Bonchev–Trinajstić information content (AvgIpc) is 2.22. The second-order valence-electron chi connectivity index (χ2n) is 4.42. The highest BCUT2D eigenvalue weighted by atomic mass is 19.4. The summed E-state index contributed by atoms with van der Waals surface area (Å²) in [6, 6.07) is 0. The van der Waals surface area contributed by atoms with Crippen LogP contribution in [-0.2, 0) is 9.53 Å². The maximum Gasteiger partial charge on any atom is 0.460 e. The van der Waals surface area contributed by atoms with Gasteiger partial charge in [0.05, 0.1) is 5.92 Å². The quantitative estimate of drug-likeness (QED) is 0.572. The SMILES string of the molecule is CC(C)C(C)C(=O)OCC(F)(F)C(F)(F)C(F)(F)F. The summed E-state index contributed by atoms with van der Waals surface area (Å²) in [5, 5.41) is 0. The maximum absolute atomic E-state index is 12.8. The number of carbonyl (C=O) groups excluding carboxylic acids is 1. The summed E-state index contributed by atoms with van der Waals surface area (Å²) in [5.74, 6) is -14.3. The molecule has 0 heterocycles. The van der Waals surface area contributed by atoms with Crippen molar-refractivity contribution in [3.8, 4) is 0 Å². The summed E-state index contributed by atoms with van der Waals surface area (Å²) in [6.45, 7) is 2.03. The number of carbonyl (C=O) groups is 1. The zero-order chi connectivity index (χ0) is 15.6. The molecule has 0 spiro atoms. The molecule has 0 aliphatic rings. The highest BCUT2D eigenvalue weighted by Crippen LogP contribution is 2.46. The van der Waals surface area contributed by atoms with Crippen molar-refractivity contribution < 1.29 is 40.3 Å². The van der Waals surface area contributed by atoms with Crippen molar-refractivity contribution in [3.05, 3.63) is 0 Å². The molecule has 0 aliphatic carbocycles. The van der Waals surface area contributed by atoms with E-state index in [9.17, 15) is 35.5 Å². The van der Waals surface area contributed by atoms with Crippen LogP contribution >= 0.6 is 0 Å². The van der Waals surface area contributed by atoms with Crippen molar-refractivity contribution in [2.45, 2.75) is 38.8 Å². The number of alkyl halides is 7. The minimum absolute atomic E-state index is 0.329. The highest BCUT2D eigenvalue weighted by molar-refractivity contribution is 5.72. The molecule has 0 saturated carbocycles. The number of esters is 1. The van der Waals surface area contributed by atoms with Crippen LogP contribution in [0, 0.1) is 11.8 Å². The van der Waals surface area contributed by atoms with Gasteiger partial charge in [-0.2, -0.15) is 30.7 Å². The molecular formula is C10H13F7O2. The van der Waals surface area contributed by atoms with E-state index in [0.29, 0.717) is 0 Å². The molecule has 1 unspecified atom stereocenters. The van der Waals surface area contributed by atoms with Crippen molar-refractivity contribution in [3.63, 3.8) is 0 Å². The summed E-state index contributed by atoms with van der Waals surface area (Å²) in [5.41, 5.74) is 0. The lowest BCUT2D eigenvalue weighted by atomic mass is 9.98. The Hall–Kier alpha value is -1.02. The topological polar surface area (TPSA) is 26.3 Å². The molecule has 0 fully saturated rings. The molecule has 0 aliphatic heterocycles. The first-order chi connectivity index (χ1) is 8.24. The Balaban J connectivity index is 4.77. The predicted octanol–water partition coefficient (Wildman–Crippen LogP) is 3.65. The number of rotatable bonds is 5. The van der Waals surface area contributed by atoms with E-state index in [2.05, 4.69) is 4.74 Å². The molecule has 2 nitrogen and oxygen atoms in total. The lowest BCUT2D eigenvalue weighted by Crippen LogP contribution is -2.54. The molecule has 0 N–H and O–H groups in total. The molecule has 19 heavy (non-hydrogen) atoms. The van der Waals surface area contributed by atoms with Gasteiger partial charge in [0, 0.05) is 0 Å². The molecule has 0 saturated heterocycles. The summed E-state index contributed by atoms with van der Waals surface area (Å²) in [7, 11) is 0. The van der Waals surface area contributed by atoms with Gasteiger partial charge in [0.1, 0.15) is 0 Å². The number of ether oxygens (including phenoxy) is 1. The Morgan fingerprint density at radius 2 is 1.42 bits per heavy atom. The van der Waals surface area contributed by atoms with Crippen molar-refractivity contribution in [2.75, 3.05) is 6.61 Å². The van der Waals surface area contributed by atoms with Crippen molar-refractivity contribution in [1.29, 1.82) is 0 Å². The van der Waals surface area contributed by atoms with Gasteiger partial charge in [-0.3, -0.25) is 4.79 Å². The molecule has 0 bridgehead atoms. The number of halogens is 7. The van der Waals surface area contributed by atoms with Crippen LogP contribution in [0.3, 0.4) is 0 Å². The third-order valence-electron chi connectivity index (χ3n) is 2.58. The van der Waals surface area contributed by atoms with Crippen LogP contribution in [0.1, 0.15) is 20.8 Å². The standard InChI is InChI=1S/C10H13F7O2/c1-5(2)6(3)7(18)19-4-8(11,12)9(13,14)10(15,16)17/h5-6H,4H2,1-3H3. The summed E-state index contributed by atoms with van der Waals surface area (Å²) in [4.78, 5) is 11.1. The highest BCUT2D eigenvalue weighted by Gasteiger charge is 2.73. The van der Waals surface area contributed by atoms with Crippen LogP contribution in [0.15, 0.2) is 0 Å². The molecule has 0 aromatic rings. The third-order valence-corrected chi connectivity index (χ3v) is 2.58.